The number of nitrogens with zero attached hydrogens (tertiary/aromatic N) is 1. The molecule has 2 aliphatic rings. The summed E-state index contributed by atoms with van der Waals surface area (Å²) in [5.74, 6) is 1.73. The summed E-state index contributed by atoms with van der Waals surface area (Å²) in [5, 5.41) is 12.7. The van der Waals surface area contributed by atoms with Gasteiger partial charge in [0.05, 0.1) is 17.4 Å². The lowest BCUT2D eigenvalue weighted by Crippen LogP contribution is -2.40. The van der Waals surface area contributed by atoms with Crippen molar-refractivity contribution in [2.45, 2.75) is 52.4 Å². The van der Waals surface area contributed by atoms with Crippen molar-refractivity contribution in [1.29, 1.82) is 0 Å². The largest absolute Gasteiger partial charge is 0.478 e. The van der Waals surface area contributed by atoms with E-state index in [4.69, 9.17) is 0 Å². The van der Waals surface area contributed by atoms with Crippen LogP contribution >= 0.6 is 0 Å². The average Bonchev–Trinajstić information content (AvgIpc) is 2.52. The van der Waals surface area contributed by atoms with Gasteiger partial charge < -0.3 is 10.4 Å². The zero-order valence-electron chi connectivity index (χ0n) is 14.2. The van der Waals surface area contributed by atoms with E-state index < -0.39 is 5.97 Å². The molecule has 4 heteroatoms. The fraction of sp³-hybridized carbons (Fsp3) is 0.684. The third-order valence-electron chi connectivity index (χ3n) is 5.90. The van der Waals surface area contributed by atoms with E-state index in [2.05, 4.69) is 24.1 Å². The number of aromatic nitrogens is 1. The summed E-state index contributed by atoms with van der Waals surface area (Å²) in [6.45, 7) is 5.52. The van der Waals surface area contributed by atoms with E-state index in [0.29, 0.717) is 11.3 Å². The lowest BCUT2D eigenvalue weighted by atomic mass is 9.59. The van der Waals surface area contributed by atoms with Crippen molar-refractivity contribution in [3.63, 3.8) is 0 Å². The Morgan fingerprint density at radius 1 is 1.35 bits per heavy atom. The number of aromatic carboxylic acids is 1. The Kier molecular flexibility index (Phi) is 4.60. The predicted molar refractivity (Wildman–Crippen MR) is 91.6 cm³/mol. The number of rotatable bonds is 5. The molecule has 2 atom stereocenters. The van der Waals surface area contributed by atoms with Gasteiger partial charge >= 0.3 is 5.97 Å². The molecule has 3 rings (SSSR count). The molecule has 0 spiro atoms. The minimum Gasteiger partial charge on any atom is -0.478 e. The van der Waals surface area contributed by atoms with Crippen LogP contribution in [0.4, 0.5) is 5.69 Å². The highest BCUT2D eigenvalue weighted by Crippen LogP contribution is 2.50. The van der Waals surface area contributed by atoms with Gasteiger partial charge in [-0.1, -0.05) is 20.3 Å². The van der Waals surface area contributed by atoms with Crippen LogP contribution in [-0.2, 0) is 0 Å². The number of fused-ring (bicyclic) bond motifs is 2. The molecule has 2 unspecified atom stereocenters. The number of carboxylic acids is 1. The molecule has 0 saturated heterocycles. The Labute approximate surface area is 138 Å². The number of carboxylic acid groups (broad SMARTS) is 1. The van der Waals surface area contributed by atoms with Crippen molar-refractivity contribution in [2.75, 3.05) is 11.9 Å². The Morgan fingerprint density at radius 2 is 2.04 bits per heavy atom. The van der Waals surface area contributed by atoms with Gasteiger partial charge in [-0.3, -0.25) is 4.98 Å². The number of carbonyl (C=O) groups is 1. The maximum Gasteiger partial charge on any atom is 0.337 e. The number of nitrogens with one attached hydrogen (secondary N) is 1. The summed E-state index contributed by atoms with van der Waals surface area (Å²) in [6.07, 6.45) is 11.2. The molecule has 126 valence electrons. The first kappa shape index (κ1) is 16.3. The average molecular weight is 316 g/mol. The molecule has 2 fully saturated rings. The van der Waals surface area contributed by atoms with E-state index in [0.717, 1.165) is 24.3 Å². The van der Waals surface area contributed by atoms with Gasteiger partial charge in [0.15, 0.2) is 0 Å². The van der Waals surface area contributed by atoms with Crippen LogP contribution in [0.3, 0.4) is 0 Å². The monoisotopic (exact) mass is 316 g/mol. The maximum absolute atomic E-state index is 11.3. The predicted octanol–water partition coefficient (Wildman–Crippen LogP) is 4.43. The molecule has 23 heavy (non-hydrogen) atoms. The normalized spacial score (nSPS) is 33.2. The molecular formula is C19H28N2O2. The number of anilines is 1. The van der Waals surface area contributed by atoms with Gasteiger partial charge in [0.25, 0.3) is 0 Å². The Morgan fingerprint density at radius 3 is 2.65 bits per heavy atom. The van der Waals surface area contributed by atoms with Gasteiger partial charge in [0.1, 0.15) is 0 Å². The Balaban J connectivity index is 1.66. The third-order valence-corrected chi connectivity index (χ3v) is 5.90. The molecular weight excluding hydrogens is 288 g/mol. The van der Waals surface area contributed by atoms with Crippen LogP contribution in [0.25, 0.3) is 0 Å². The molecule has 4 nitrogen and oxygen atoms in total. The standard InChI is InChI=1S/C19H28N2O2/c1-3-13-6-14-8-15(7-13)10-19(2,9-14)12-21-17-11-20-5-4-16(17)18(22)23/h4-5,11,13-15,21H,3,6-10,12H2,1-2H3,(H,22,23). The van der Waals surface area contributed by atoms with Gasteiger partial charge in [-0.25, -0.2) is 4.79 Å². The summed E-state index contributed by atoms with van der Waals surface area (Å²) in [4.78, 5) is 15.4. The van der Waals surface area contributed by atoms with Crippen LogP contribution < -0.4 is 5.32 Å². The third kappa shape index (κ3) is 3.67. The first-order chi connectivity index (χ1) is 11.0. The zero-order chi connectivity index (χ0) is 16.4. The van der Waals surface area contributed by atoms with E-state index in [1.54, 1.807) is 12.3 Å². The van der Waals surface area contributed by atoms with E-state index in [1.165, 1.54) is 44.7 Å². The molecule has 2 N–H and O–H groups in total. The highest BCUT2D eigenvalue weighted by molar-refractivity contribution is 5.93. The van der Waals surface area contributed by atoms with Crippen LogP contribution in [0, 0.1) is 23.2 Å². The van der Waals surface area contributed by atoms with Crippen LogP contribution in [0.2, 0.25) is 0 Å². The van der Waals surface area contributed by atoms with Gasteiger partial charge in [0, 0.05) is 12.7 Å². The summed E-state index contributed by atoms with van der Waals surface area (Å²) < 4.78 is 0. The van der Waals surface area contributed by atoms with Crippen molar-refractivity contribution in [3.8, 4) is 0 Å². The fourth-order valence-corrected chi connectivity index (χ4v) is 5.02. The van der Waals surface area contributed by atoms with E-state index in [-0.39, 0.29) is 5.41 Å². The Bertz CT molecular complexity index is 558. The molecule has 1 aromatic rings. The van der Waals surface area contributed by atoms with E-state index >= 15 is 0 Å². The van der Waals surface area contributed by atoms with Crippen molar-refractivity contribution in [2.24, 2.45) is 23.2 Å². The van der Waals surface area contributed by atoms with Crippen molar-refractivity contribution in [3.05, 3.63) is 24.0 Å². The second-order valence-electron chi connectivity index (χ2n) is 8.01. The zero-order valence-corrected chi connectivity index (χ0v) is 14.2. The van der Waals surface area contributed by atoms with Gasteiger partial charge in [-0.15, -0.1) is 0 Å². The lowest BCUT2D eigenvalue weighted by Gasteiger charge is -2.48. The highest BCUT2D eigenvalue weighted by atomic mass is 16.4. The first-order valence-corrected chi connectivity index (χ1v) is 8.90. The topological polar surface area (TPSA) is 62.2 Å². The van der Waals surface area contributed by atoms with Gasteiger partial charge in [0.2, 0.25) is 0 Å². The SMILES string of the molecule is CCC1CC2CC(C1)CC(C)(CNc1cnccc1C(=O)O)C2. The smallest absolute Gasteiger partial charge is 0.337 e. The highest BCUT2D eigenvalue weighted by Gasteiger charge is 2.41. The van der Waals surface area contributed by atoms with Crippen LogP contribution in [0.1, 0.15) is 62.7 Å². The molecule has 0 radical (unpaired) electrons. The quantitative estimate of drug-likeness (QED) is 0.843. The second-order valence-corrected chi connectivity index (χ2v) is 8.01. The van der Waals surface area contributed by atoms with Gasteiger partial charge in [-0.05, 0) is 61.3 Å². The molecule has 0 aromatic carbocycles. The van der Waals surface area contributed by atoms with E-state index in [1.807, 2.05) is 0 Å². The first-order valence-electron chi connectivity index (χ1n) is 8.90. The number of pyridine rings is 1. The lowest BCUT2D eigenvalue weighted by molar-refractivity contribution is 0.0487. The number of hydrogen-bond donors (Lipinski definition) is 2. The minimum absolute atomic E-state index is 0.262. The molecule has 1 aromatic heterocycles. The fourth-order valence-electron chi connectivity index (χ4n) is 5.02. The second kappa shape index (κ2) is 6.50. The van der Waals surface area contributed by atoms with Crippen molar-refractivity contribution >= 4 is 11.7 Å². The molecule has 2 aliphatic carbocycles. The minimum atomic E-state index is -0.897. The van der Waals surface area contributed by atoms with Crippen LogP contribution in [-0.4, -0.2) is 22.6 Å². The molecule has 2 saturated carbocycles. The summed E-state index contributed by atoms with van der Waals surface area (Å²) in [6, 6.07) is 1.56. The summed E-state index contributed by atoms with van der Waals surface area (Å²) in [5.41, 5.74) is 1.21. The summed E-state index contributed by atoms with van der Waals surface area (Å²) >= 11 is 0. The van der Waals surface area contributed by atoms with Crippen molar-refractivity contribution < 1.29 is 9.90 Å². The molecule has 1 heterocycles. The van der Waals surface area contributed by atoms with Gasteiger partial charge in [-0.2, -0.15) is 0 Å². The maximum atomic E-state index is 11.3. The number of hydrogen-bond acceptors (Lipinski definition) is 3. The molecule has 0 amide bonds. The van der Waals surface area contributed by atoms with E-state index in [9.17, 15) is 9.90 Å². The Hall–Kier alpha value is -1.58. The summed E-state index contributed by atoms with van der Waals surface area (Å²) in [7, 11) is 0. The van der Waals surface area contributed by atoms with Crippen LogP contribution in [0.5, 0.6) is 0 Å². The molecule has 0 aliphatic heterocycles. The van der Waals surface area contributed by atoms with Crippen LogP contribution in [0.15, 0.2) is 18.5 Å². The molecule has 2 bridgehead atoms. The van der Waals surface area contributed by atoms with Crippen molar-refractivity contribution in [1.82, 2.24) is 4.98 Å².